The van der Waals surface area contributed by atoms with Gasteiger partial charge in [-0.1, -0.05) is 48.5 Å². The van der Waals surface area contributed by atoms with E-state index in [-0.39, 0.29) is 18.0 Å². The Balaban J connectivity index is 1.69. The van der Waals surface area contributed by atoms with Crippen molar-refractivity contribution in [3.8, 4) is 16.9 Å². The molecule has 0 aliphatic heterocycles. The molecular formula is C20H20N4O4. The molecule has 1 unspecified atom stereocenters. The summed E-state index contributed by atoms with van der Waals surface area (Å²) >= 11 is 0. The van der Waals surface area contributed by atoms with E-state index in [1.54, 1.807) is 6.92 Å². The molecule has 0 fully saturated rings. The van der Waals surface area contributed by atoms with Gasteiger partial charge in [0.2, 0.25) is 0 Å². The number of para-hydroxylation sites is 1. The molecule has 1 atom stereocenters. The first-order valence-electron chi connectivity index (χ1n) is 8.66. The van der Waals surface area contributed by atoms with E-state index in [0.717, 1.165) is 11.1 Å². The molecule has 8 heteroatoms. The number of H-pyrrole nitrogens is 2. The number of ether oxygens (including phenoxy) is 1. The van der Waals surface area contributed by atoms with Crippen LogP contribution in [0.25, 0.3) is 11.1 Å². The summed E-state index contributed by atoms with van der Waals surface area (Å²) in [5, 5.41) is 2.65. The zero-order valence-corrected chi connectivity index (χ0v) is 15.2. The number of aromatic amines is 2. The summed E-state index contributed by atoms with van der Waals surface area (Å²) in [4.78, 5) is 39.4. The molecule has 0 saturated carbocycles. The smallest absolute Gasteiger partial charge is 0.326 e. The first-order chi connectivity index (χ1) is 13.5. The van der Waals surface area contributed by atoms with Crippen molar-refractivity contribution in [3.05, 3.63) is 81.1 Å². The molecule has 0 aliphatic rings. The average Bonchev–Trinajstić information content (AvgIpc) is 2.70. The Bertz CT molecular complexity index is 1090. The Morgan fingerprint density at radius 2 is 1.75 bits per heavy atom. The van der Waals surface area contributed by atoms with Crippen LogP contribution < -0.4 is 27.0 Å². The van der Waals surface area contributed by atoms with Crippen LogP contribution in [0.1, 0.15) is 17.4 Å². The second-order valence-electron chi connectivity index (χ2n) is 6.24. The maximum Gasteiger partial charge on any atom is 0.326 e. The Morgan fingerprint density at radius 3 is 2.50 bits per heavy atom. The molecule has 2 aromatic carbocycles. The fourth-order valence-electron chi connectivity index (χ4n) is 2.68. The van der Waals surface area contributed by atoms with Crippen molar-refractivity contribution >= 4 is 11.6 Å². The SMILES string of the molecule is CC(COc1ccccc1-c1ccccc1)NC(=O)c1[nH]c(=O)[nH]c(=O)c1N. The minimum Gasteiger partial charge on any atom is -0.491 e. The highest BCUT2D eigenvalue weighted by molar-refractivity contribution is 5.96. The number of anilines is 1. The third kappa shape index (κ3) is 4.29. The number of nitrogens with one attached hydrogen (secondary N) is 3. The van der Waals surface area contributed by atoms with E-state index < -0.39 is 23.2 Å². The maximum atomic E-state index is 12.3. The summed E-state index contributed by atoms with van der Waals surface area (Å²) in [7, 11) is 0. The minimum absolute atomic E-state index is 0.183. The third-order valence-electron chi connectivity index (χ3n) is 4.04. The van der Waals surface area contributed by atoms with Crippen LogP contribution in [0.5, 0.6) is 5.75 Å². The predicted octanol–water partition coefficient (Wildman–Crippen LogP) is 1.51. The molecule has 28 heavy (non-hydrogen) atoms. The maximum absolute atomic E-state index is 12.3. The van der Waals surface area contributed by atoms with Gasteiger partial charge < -0.3 is 20.8 Å². The number of hydrogen-bond acceptors (Lipinski definition) is 5. The highest BCUT2D eigenvalue weighted by Gasteiger charge is 2.17. The molecule has 144 valence electrons. The van der Waals surface area contributed by atoms with E-state index in [2.05, 4.69) is 10.3 Å². The van der Waals surface area contributed by atoms with Crippen LogP contribution >= 0.6 is 0 Å². The van der Waals surface area contributed by atoms with Crippen molar-refractivity contribution in [2.24, 2.45) is 0 Å². The molecule has 0 aliphatic carbocycles. The van der Waals surface area contributed by atoms with Crippen LogP contribution in [0.4, 0.5) is 5.69 Å². The van der Waals surface area contributed by atoms with E-state index in [1.807, 2.05) is 59.6 Å². The standard InChI is InChI=1S/C20H20N4O4/c1-12(22-19(26)17-16(21)18(25)24-20(27)23-17)11-28-15-10-6-5-9-14(15)13-7-3-2-4-8-13/h2-10,12H,11,21H2,1H3,(H,22,26)(H2,23,24,25,27). The largest absolute Gasteiger partial charge is 0.491 e. The summed E-state index contributed by atoms with van der Waals surface area (Å²) < 4.78 is 5.88. The van der Waals surface area contributed by atoms with Crippen molar-refractivity contribution in [1.82, 2.24) is 15.3 Å². The number of amides is 1. The van der Waals surface area contributed by atoms with Gasteiger partial charge in [-0.3, -0.25) is 14.6 Å². The summed E-state index contributed by atoms with van der Waals surface area (Å²) in [5.74, 6) is 0.0204. The molecule has 3 rings (SSSR count). The van der Waals surface area contributed by atoms with Gasteiger partial charge in [0.1, 0.15) is 23.7 Å². The predicted molar refractivity (Wildman–Crippen MR) is 106 cm³/mol. The summed E-state index contributed by atoms with van der Waals surface area (Å²) in [6.45, 7) is 1.92. The number of aromatic nitrogens is 2. The van der Waals surface area contributed by atoms with Crippen LogP contribution in [0, 0.1) is 0 Å². The first-order valence-corrected chi connectivity index (χ1v) is 8.66. The number of nitrogens with two attached hydrogens (primary N) is 1. The highest BCUT2D eigenvalue weighted by Crippen LogP contribution is 2.29. The number of nitrogen functional groups attached to an aromatic ring is 1. The zero-order valence-electron chi connectivity index (χ0n) is 15.2. The molecule has 5 N–H and O–H groups in total. The molecule has 0 spiro atoms. The van der Waals surface area contributed by atoms with E-state index >= 15 is 0 Å². The lowest BCUT2D eigenvalue weighted by Crippen LogP contribution is -2.40. The van der Waals surface area contributed by atoms with E-state index in [4.69, 9.17) is 10.5 Å². The quantitative estimate of drug-likeness (QED) is 0.515. The Kier molecular flexibility index (Phi) is 5.59. The fraction of sp³-hybridized carbons (Fsp3) is 0.150. The minimum atomic E-state index is -0.811. The number of hydrogen-bond donors (Lipinski definition) is 4. The van der Waals surface area contributed by atoms with Crippen LogP contribution in [-0.2, 0) is 0 Å². The molecular weight excluding hydrogens is 360 g/mol. The highest BCUT2D eigenvalue weighted by atomic mass is 16.5. The molecule has 0 saturated heterocycles. The number of benzene rings is 2. The molecule has 0 radical (unpaired) electrons. The molecule has 1 aromatic heterocycles. The molecule has 1 amide bonds. The van der Waals surface area contributed by atoms with Gasteiger partial charge in [0.05, 0.1) is 6.04 Å². The lowest BCUT2D eigenvalue weighted by molar-refractivity contribution is 0.0922. The van der Waals surface area contributed by atoms with Gasteiger partial charge in [-0.15, -0.1) is 0 Å². The summed E-state index contributed by atoms with van der Waals surface area (Å²) in [6.07, 6.45) is 0. The lowest BCUT2D eigenvalue weighted by Gasteiger charge is -2.17. The normalized spacial score (nSPS) is 11.6. The van der Waals surface area contributed by atoms with Gasteiger partial charge in [-0.2, -0.15) is 0 Å². The number of rotatable bonds is 6. The van der Waals surface area contributed by atoms with Crippen molar-refractivity contribution < 1.29 is 9.53 Å². The van der Waals surface area contributed by atoms with Crippen LogP contribution in [0.3, 0.4) is 0 Å². The molecule has 1 heterocycles. The van der Waals surface area contributed by atoms with Crippen LogP contribution in [0.2, 0.25) is 0 Å². The van der Waals surface area contributed by atoms with Gasteiger partial charge in [0.15, 0.2) is 0 Å². The lowest BCUT2D eigenvalue weighted by atomic mass is 10.1. The van der Waals surface area contributed by atoms with Gasteiger partial charge in [-0.25, -0.2) is 4.79 Å². The van der Waals surface area contributed by atoms with E-state index in [1.165, 1.54) is 0 Å². The van der Waals surface area contributed by atoms with E-state index in [0.29, 0.717) is 5.75 Å². The second-order valence-corrected chi connectivity index (χ2v) is 6.24. The van der Waals surface area contributed by atoms with Gasteiger partial charge in [0.25, 0.3) is 11.5 Å². The van der Waals surface area contributed by atoms with Gasteiger partial charge >= 0.3 is 5.69 Å². The first kappa shape index (κ1) is 19.0. The fourth-order valence-corrected chi connectivity index (χ4v) is 2.68. The van der Waals surface area contributed by atoms with Gasteiger partial charge in [-0.05, 0) is 18.6 Å². The molecule has 3 aromatic rings. The second kappa shape index (κ2) is 8.26. The molecule has 8 nitrogen and oxygen atoms in total. The van der Waals surface area contributed by atoms with Crippen molar-refractivity contribution in [2.75, 3.05) is 12.3 Å². The van der Waals surface area contributed by atoms with Crippen molar-refractivity contribution in [1.29, 1.82) is 0 Å². The van der Waals surface area contributed by atoms with Crippen molar-refractivity contribution in [3.63, 3.8) is 0 Å². The Hall–Kier alpha value is -3.81. The number of carbonyl (C=O) groups is 1. The average molecular weight is 380 g/mol. The molecule has 0 bridgehead atoms. The summed E-state index contributed by atoms with van der Waals surface area (Å²) in [5.41, 5.74) is 5.29. The van der Waals surface area contributed by atoms with Crippen molar-refractivity contribution in [2.45, 2.75) is 13.0 Å². The summed E-state index contributed by atoms with van der Waals surface area (Å²) in [6, 6.07) is 17.0. The topological polar surface area (TPSA) is 130 Å². The Labute approximate surface area is 160 Å². The van der Waals surface area contributed by atoms with Gasteiger partial charge in [0, 0.05) is 5.56 Å². The van der Waals surface area contributed by atoms with Crippen LogP contribution in [0.15, 0.2) is 64.2 Å². The van der Waals surface area contributed by atoms with Crippen LogP contribution in [-0.4, -0.2) is 28.5 Å². The third-order valence-corrected chi connectivity index (χ3v) is 4.04. The Morgan fingerprint density at radius 1 is 1.07 bits per heavy atom. The zero-order chi connectivity index (χ0) is 20.1. The monoisotopic (exact) mass is 380 g/mol. The van der Waals surface area contributed by atoms with E-state index in [9.17, 15) is 14.4 Å². The number of carbonyl (C=O) groups excluding carboxylic acids is 1.